The SMILES string of the molecule is C[C@@H]1C[N+]23C[C@H]4CCC5=C6[C@H](CC5)[C@H](C(=O)O)CC65[C@@H]2C1C[C@H]3[C@]45CO. The number of piperidine rings is 2. The van der Waals surface area contributed by atoms with Gasteiger partial charge in [-0.05, 0) is 38.0 Å². The number of aliphatic hydroxyl groups excluding tert-OH is 1. The minimum Gasteiger partial charge on any atom is -0.481 e. The highest BCUT2D eigenvalue weighted by Crippen LogP contribution is 2.84. The van der Waals surface area contributed by atoms with Gasteiger partial charge in [0.05, 0.1) is 42.5 Å². The summed E-state index contributed by atoms with van der Waals surface area (Å²) >= 11 is 0. The van der Waals surface area contributed by atoms with E-state index in [0.717, 1.165) is 31.1 Å². The summed E-state index contributed by atoms with van der Waals surface area (Å²) in [6, 6.07) is 1.24. The molecule has 0 aromatic heterocycles. The molecule has 3 unspecified atom stereocenters. The number of aliphatic hydroxyl groups is 1. The molecule has 0 amide bonds. The molecule has 26 heavy (non-hydrogen) atoms. The maximum atomic E-state index is 12.2. The minimum atomic E-state index is -0.570. The first-order valence-electron chi connectivity index (χ1n) is 10.9. The molecule has 140 valence electrons. The molecular formula is C22H30NO3+. The van der Waals surface area contributed by atoms with Crippen LogP contribution in [0.3, 0.4) is 0 Å². The van der Waals surface area contributed by atoms with Crippen LogP contribution in [0.15, 0.2) is 11.1 Å². The fourth-order valence-electron chi connectivity index (χ4n) is 11.0. The molecule has 7 rings (SSSR count). The number of quaternary nitrogens is 1. The van der Waals surface area contributed by atoms with Crippen LogP contribution in [0.1, 0.15) is 45.4 Å². The highest BCUT2D eigenvalue weighted by Gasteiger charge is 2.92. The predicted molar refractivity (Wildman–Crippen MR) is 95.0 cm³/mol. The molecule has 4 aliphatic heterocycles. The fraction of sp³-hybridized carbons (Fsp3) is 0.864. The van der Waals surface area contributed by atoms with Gasteiger partial charge in [-0.1, -0.05) is 18.1 Å². The Bertz CT molecular complexity index is 790. The van der Waals surface area contributed by atoms with E-state index >= 15 is 0 Å². The molecule has 10 atom stereocenters. The van der Waals surface area contributed by atoms with Crippen LogP contribution in [0.25, 0.3) is 0 Å². The molecule has 1 saturated carbocycles. The molecule has 2 spiro atoms. The topological polar surface area (TPSA) is 57.5 Å². The van der Waals surface area contributed by atoms with Gasteiger partial charge in [-0.25, -0.2) is 0 Å². The zero-order valence-electron chi connectivity index (χ0n) is 15.7. The van der Waals surface area contributed by atoms with E-state index in [0.29, 0.717) is 24.6 Å². The van der Waals surface area contributed by atoms with Crippen molar-refractivity contribution in [2.24, 2.45) is 40.4 Å². The highest BCUT2D eigenvalue weighted by molar-refractivity contribution is 5.73. The van der Waals surface area contributed by atoms with Crippen LogP contribution in [-0.4, -0.2) is 52.4 Å². The van der Waals surface area contributed by atoms with Crippen molar-refractivity contribution in [3.8, 4) is 0 Å². The number of carboxylic acid groups (broad SMARTS) is 1. The van der Waals surface area contributed by atoms with E-state index in [-0.39, 0.29) is 22.7 Å². The molecular weight excluding hydrogens is 326 g/mol. The Labute approximate surface area is 154 Å². The molecule has 2 N–H and O–H groups in total. The second kappa shape index (κ2) is 4.10. The van der Waals surface area contributed by atoms with E-state index in [1.165, 1.54) is 36.8 Å². The smallest absolute Gasteiger partial charge is 0.307 e. The number of hydrogen-bond donors (Lipinski definition) is 2. The van der Waals surface area contributed by atoms with Crippen LogP contribution in [0.4, 0.5) is 0 Å². The van der Waals surface area contributed by atoms with Crippen molar-refractivity contribution in [2.45, 2.75) is 57.5 Å². The van der Waals surface area contributed by atoms with Crippen LogP contribution >= 0.6 is 0 Å². The molecule has 3 aliphatic carbocycles. The second-order valence-corrected chi connectivity index (χ2v) is 11.0. The lowest BCUT2D eigenvalue weighted by atomic mass is 9.47. The molecule has 4 nitrogen and oxygen atoms in total. The average Bonchev–Trinajstić information content (AvgIpc) is 3.36. The third kappa shape index (κ3) is 1.13. The number of allylic oxidation sites excluding steroid dienone is 1. The third-order valence-corrected chi connectivity index (χ3v) is 11.0. The lowest BCUT2D eigenvalue weighted by molar-refractivity contribution is -0.939. The molecule has 4 saturated heterocycles. The maximum absolute atomic E-state index is 12.2. The summed E-state index contributed by atoms with van der Waals surface area (Å²) in [5.41, 5.74) is 3.27. The summed E-state index contributed by atoms with van der Waals surface area (Å²) in [6.07, 6.45) is 6.77. The van der Waals surface area contributed by atoms with E-state index in [2.05, 4.69) is 6.92 Å². The zero-order chi connectivity index (χ0) is 17.6. The van der Waals surface area contributed by atoms with Gasteiger partial charge in [-0.15, -0.1) is 0 Å². The molecule has 4 heterocycles. The first kappa shape index (κ1) is 15.1. The molecule has 0 aromatic carbocycles. The molecule has 0 radical (unpaired) electrons. The summed E-state index contributed by atoms with van der Waals surface area (Å²) in [5, 5.41) is 21.0. The van der Waals surface area contributed by atoms with Crippen molar-refractivity contribution in [3.63, 3.8) is 0 Å². The van der Waals surface area contributed by atoms with E-state index in [1.54, 1.807) is 11.1 Å². The Kier molecular flexibility index (Phi) is 2.38. The summed E-state index contributed by atoms with van der Waals surface area (Å²) in [7, 11) is 0. The molecule has 5 bridgehead atoms. The highest BCUT2D eigenvalue weighted by atomic mass is 16.4. The van der Waals surface area contributed by atoms with Crippen LogP contribution in [0, 0.1) is 40.4 Å². The summed E-state index contributed by atoms with van der Waals surface area (Å²) in [6.45, 7) is 5.33. The zero-order valence-corrected chi connectivity index (χ0v) is 15.7. The normalized spacial score (nSPS) is 62.9. The van der Waals surface area contributed by atoms with Crippen molar-refractivity contribution in [1.82, 2.24) is 0 Å². The number of carboxylic acids is 1. The van der Waals surface area contributed by atoms with Gasteiger partial charge < -0.3 is 14.7 Å². The number of hydrogen-bond acceptors (Lipinski definition) is 2. The van der Waals surface area contributed by atoms with Crippen LogP contribution in [0.2, 0.25) is 0 Å². The number of rotatable bonds is 2. The summed E-state index contributed by atoms with van der Waals surface area (Å²) < 4.78 is 1.27. The van der Waals surface area contributed by atoms with Crippen molar-refractivity contribution < 1.29 is 19.5 Å². The van der Waals surface area contributed by atoms with Crippen molar-refractivity contribution in [1.29, 1.82) is 0 Å². The van der Waals surface area contributed by atoms with Gasteiger partial charge >= 0.3 is 5.97 Å². The third-order valence-electron chi connectivity index (χ3n) is 11.0. The standard InChI is InChI=1S/C22H29NO3/c1-11-8-23-9-13-4-2-12-3-5-14-16(20(25)26)7-21(18(12)14)19(23)15(11)6-17(23)22(13,21)10-24/h11,13-17,19,24H,2-10H2,1H3/p+1/t11-,13-,14-,15?,16-,17+,19+,21?,22+,23?/m1/s1. The van der Waals surface area contributed by atoms with Crippen molar-refractivity contribution >= 4 is 5.97 Å². The van der Waals surface area contributed by atoms with Gasteiger partial charge in [0.2, 0.25) is 0 Å². The van der Waals surface area contributed by atoms with E-state index in [1.807, 2.05) is 0 Å². The first-order valence-corrected chi connectivity index (χ1v) is 10.9. The van der Waals surface area contributed by atoms with Gasteiger partial charge in [-0.2, -0.15) is 0 Å². The number of aliphatic carboxylic acids is 1. The van der Waals surface area contributed by atoms with Crippen LogP contribution < -0.4 is 0 Å². The monoisotopic (exact) mass is 356 g/mol. The Hall–Kier alpha value is -0.870. The van der Waals surface area contributed by atoms with Crippen LogP contribution in [-0.2, 0) is 4.79 Å². The average molecular weight is 356 g/mol. The molecule has 4 heteroatoms. The number of nitrogens with zero attached hydrogens (tertiary/aromatic N) is 1. The van der Waals surface area contributed by atoms with Gasteiger partial charge in [0.15, 0.2) is 0 Å². The quantitative estimate of drug-likeness (QED) is 0.590. The van der Waals surface area contributed by atoms with Crippen molar-refractivity contribution in [2.75, 3.05) is 19.7 Å². The fourth-order valence-corrected chi connectivity index (χ4v) is 11.0. The molecule has 0 aromatic rings. The summed E-state index contributed by atoms with van der Waals surface area (Å²) in [5.74, 6) is 1.66. The largest absolute Gasteiger partial charge is 0.481 e. The van der Waals surface area contributed by atoms with Gasteiger partial charge in [0.1, 0.15) is 6.04 Å². The van der Waals surface area contributed by atoms with Gasteiger partial charge in [-0.3, -0.25) is 4.79 Å². The van der Waals surface area contributed by atoms with Gasteiger partial charge in [0, 0.05) is 24.2 Å². The van der Waals surface area contributed by atoms with E-state index in [9.17, 15) is 15.0 Å². The maximum Gasteiger partial charge on any atom is 0.307 e. The molecule has 5 fully saturated rings. The van der Waals surface area contributed by atoms with Crippen molar-refractivity contribution in [3.05, 3.63) is 11.1 Å². The van der Waals surface area contributed by atoms with Crippen LogP contribution in [0.5, 0.6) is 0 Å². The van der Waals surface area contributed by atoms with E-state index < -0.39 is 5.97 Å². The second-order valence-electron chi connectivity index (χ2n) is 11.0. The lowest BCUT2D eigenvalue weighted by Gasteiger charge is -2.52. The van der Waals surface area contributed by atoms with E-state index in [4.69, 9.17) is 0 Å². The first-order chi connectivity index (χ1) is 12.5. The Morgan fingerprint density at radius 3 is 2.85 bits per heavy atom. The molecule has 7 aliphatic rings. The summed E-state index contributed by atoms with van der Waals surface area (Å²) in [4.78, 5) is 12.2. The number of carbonyl (C=O) groups is 1. The predicted octanol–water partition coefficient (Wildman–Crippen LogP) is 2.42. The Morgan fingerprint density at radius 2 is 2.08 bits per heavy atom. The minimum absolute atomic E-state index is 0.00181. The Balaban J connectivity index is 1.55. The van der Waals surface area contributed by atoms with Gasteiger partial charge in [0.25, 0.3) is 0 Å². The Morgan fingerprint density at radius 1 is 1.27 bits per heavy atom. The lowest BCUT2D eigenvalue weighted by Crippen LogP contribution is -2.60.